The molecule has 0 saturated heterocycles. The molecule has 1 fully saturated rings. The Morgan fingerprint density at radius 2 is 1.64 bits per heavy atom. The van der Waals surface area contributed by atoms with E-state index in [2.05, 4.69) is 10.6 Å². The molecule has 1 aromatic rings. The topological polar surface area (TPSA) is 302 Å². The predicted octanol–water partition coefficient (Wildman–Crippen LogP) is -2.48. The molecule has 3 rings (SSSR count). The number of aliphatic hydroxyl groups excluding tert-OH is 3. The van der Waals surface area contributed by atoms with E-state index < -0.39 is 99.8 Å². The molecule has 0 radical (unpaired) electrons. The number of carboxylic acids is 1. The van der Waals surface area contributed by atoms with Crippen LogP contribution in [0.1, 0.15) is 32.8 Å². The number of hydrogen-bond acceptors (Lipinski definition) is 15. The lowest BCUT2D eigenvalue weighted by atomic mass is 9.81. The quantitative estimate of drug-likeness (QED) is 0.0352. The number of ether oxygens (including phenoxy) is 4. The zero-order valence-electron chi connectivity index (χ0n) is 29.0. The third-order valence-electron chi connectivity index (χ3n) is 7.86. The maximum atomic E-state index is 12.6. The standard InChI is InChI=1S/C32H43N3O17S/c1-32(2,3)31(45)51-15-17-4-5-18(52-22-13-19(30(43)44)26(39)28(41)27(22)40)12-21(17)50-11-10-49-9-8-33-29(42)20(16-53(46,47)48)34-23(36)14-35-24(37)6-7-25(35)38/h4-7,12,19-20,22,26-28,39-41H,8-11,13-16H2,1-3H3,(H,33,42)(H,34,36)(H,43,44)(H,46,47,48)/t19-,20-,22+,26+,27-,28-/m0/s1. The SMILES string of the molecule is CC(C)(C)C(=O)OCc1ccc(O[C@@H]2C[C@H](C(=O)O)[C@@H](O)[C@H](O)[C@H]2O)cc1OCCOCCNC(=O)[C@H](CS(=O)(=O)O)NC(=O)CN1C(=O)C=CC1=O. The first-order valence-electron chi connectivity index (χ1n) is 16.2. The Morgan fingerprint density at radius 1 is 0.981 bits per heavy atom. The van der Waals surface area contributed by atoms with E-state index in [4.69, 9.17) is 18.9 Å². The Kier molecular flexibility index (Phi) is 14.8. The number of carbonyl (C=O) groups excluding carboxylic acids is 5. The lowest BCUT2D eigenvalue weighted by Crippen LogP contribution is -2.57. The van der Waals surface area contributed by atoms with Crippen LogP contribution in [0.25, 0.3) is 0 Å². The summed E-state index contributed by atoms with van der Waals surface area (Å²) in [5.41, 5.74) is -0.410. The highest BCUT2D eigenvalue weighted by molar-refractivity contribution is 7.85. The average Bonchev–Trinajstić information content (AvgIpc) is 3.37. The molecule has 6 atom stereocenters. The highest BCUT2D eigenvalue weighted by atomic mass is 32.2. The molecule has 0 spiro atoms. The highest BCUT2D eigenvalue weighted by Crippen LogP contribution is 2.32. The fourth-order valence-electron chi connectivity index (χ4n) is 5.00. The Hall–Kier alpha value is -4.67. The van der Waals surface area contributed by atoms with Crippen LogP contribution in [0, 0.1) is 11.3 Å². The van der Waals surface area contributed by atoms with Crippen molar-refractivity contribution in [3.8, 4) is 11.5 Å². The van der Waals surface area contributed by atoms with Crippen LogP contribution >= 0.6 is 0 Å². The minimum Gasteiger partial charge on any atom is -0.491 e. The summed E-state index contributed by atoms with van der Waals surface area (Å²) < 4.78 is 54.6. The number of aliphatic hydroxyl groups is 3. The van der Waals surface area contributed by atoms with Crippen molar-refractivity contribution in [2.45, 2.75) is 64.3 Å². The summed E-state index contributed by atoms with van der Waals surface area (Å²) in [6.45, 7) is 3.48. The minimum absolute atomic E-state index is 0.0784. The zero-order chi connectivity index (χ0) is 39.7. The van der Waals surface area contributed by atoms with E-state index in [1.807, 2.05) is 0 Å². The second-order valence-corrected chi connectivity index (χ2v) is 14.6. The van der Waals surface area contributed by atoms with Crippen molar-refractivity contribution < 1.29 is 81.1 Å². The van der Waals surface area contributed by atoms with Gasteiger partial charge in [-0.2, -0.15) is 8.42 Å². The van der Waals surface area contributed by atoms with Crippen LogP contribution in [0.15, 0.2) is 30.4 Å². The van der Waals surface area contributed by atoms with Gasteiger partial charge in [-0.1, -0.05) is 0 Å². The molecule has 1 aliphatic carbocycles. The van der Waals surface area contributed by atoms with Crippen LogP contribution in [0.5, 0.6) is 11.5 Å². The Balaban J connectivity index is 1.57. The van der Waals surface area contributed by atoms with Crippen molar-refractivity contribution in [3.63, 3.8) is 0 Å². The number of esters is 1. The van der Waals surface area contributed by atoms with Gasteiger partial charge in [0.05, 0.1) is 30.7 Å². The normalized spacial score (nSPS) is 22.2. The minimum atomic E-state index is -4.75. The number of carboxylic acid groups (broad SMARTS) is 1. The highest BCUT2D eigenvalue weighted by Gasteiger charge is 2.47. The van der Waals surface area contributed by atoms with Crippen LogP contribution in [-0.2, 0) is 55.0 Å². The fourth-order valence-corrected chi connectivity index (χ4v) is 5.65. The zero-order valence-corrected chi connectivity index (χ0v) is 29.8. The summed E-state index contributed by atoms with van der Waals surface area (Å²) in [6.07, 6.45) is -4.78. The number of nitrogens with one attached hydrogen (secondary N) is 2. The number of rotatable bonds is 18. The number of carbonyl (C=O) groups is 6. The molecule has 0 unspecified atom stereocenters. The average molecular weight is 774 g/mol. The third-order valence-corrected chi connectivity index (χ3v) is 8.61. The molecule has 1 aliphatic heterocycles. The predicted molar refractivity (Wildman–Crippen MR) is 177 cm³/mol. The van der Waals surface area contributed by atoms with Gasteiger partial charge in [0.15, 0.2) is 0 Å². The number of amides is 4. The summed E-state index contributed by atoms with van der Waals surface area (Å²) in [6, 6.07) is 2.56. The van der Waals surface area contributed by atoms with Gasteiger partial charge in [-0.3, -0.25) is 38.2 Å². The summed E-state index contributed by atoms with van der Waals surface area (Å²) in [5.74, 6) is -7.85. The van der Waals surface area contributed by atoms with Gasteiger partial charge in [0, 0.05) is 36.7 Å². The van der Waals surface area contributed by atoms with Gasteiger partial charge in [-0.15, -0.1) is 0 Å². The number of nitrogens with zero attached hydrogens (tertiary/aromatic N) is 1. The van der Waals surface area contributed by atoms with E-state index in [1.54, 1.807) is 20.8 Å². The van der Waals surface area contributed by atoms with Crippen molar-refractivity contribution in [3.05, 3.63) is 35.9 Å². The van der Waals surface area contributed by atoms with Crippen LogP contribution < -0.4 is 20.1 Å². The van der Waals surface area contributed by atoms with E-state index in [-0.39, 0.29) is 50.9 Å². The van der Waals surface area contributed by atoms with E-state index in [0.29, 0.717) is 10.5 Å². The number of imide groups is 1. The lowest BCUT2D eigenvalue weighted by molar-refractivity contribution is -0.174. The molecule has 1 heterocycles. The van der Waals surface area contributed by atoms with Gasteiger partial charge in [-0.25, -0.2) is 0 Å². The van der Waals surface area contributed by atoms with Crippen LogP contribution in [0.2, 0.25) is 0 Å². The van der Waals surface area contributed by atoms with Crippen LogP contribution in [-0.4, -0.2) is 143 Å². The Labute approximate surface area is 303 Å². The van der Waals surface area contributed by atoms with Crippen molar-refractivity contribution in [1.29, 1.82) is 0 Å². The lowest BCUT2D eigenvalue weighted by Gasteiger charge is -2.38. The number of benzene rings is 1. The van der Waals surface area contributed by atoms with Crippen molar-refractivity contribution >= 4 is 45.7 Å². The first-order valence-corrected chi connectivity index (χ1v) is 17.8. The van der Waals surface area contributed by atoms with Crippen molar-refractivity contribution in [1.82, 2.24) is 15.5 Å². The first kappa shape index (κ1) is 42.7. The summed E-state index contributed by atoms with van der Waals surface area (Å²) in [5, 5.41) is 44.5. The molecule has 0 aromatic heterocycles. The second kappa shape index (κ2) is 18.4. The van der Waals surface area contributed by atoms with Crippen molar-refractivity contribution in [2.75, 3.05) is 38.7 Å². The number of aliphatic carboxylic acids is 1. The molecule has 7 N–H and O–H groups in total. The van der Waals surface area contributed by atoms with Gasteiger partial charge in [0.25, 0.3) is 21.9 Å². The molecule has 294 valence electrons. The van der Waals surface area contributed by atoms with E-state index in [9.17, 15) is 62.2 Å². The monoisotopic (exact) mass is 773 g/mol. The third kappa shape index (κ3) is 12.8. The molecule has 0 bridgehead atoms. The Bertz CT molecular complexity index is 1660. The van der Waals surface area contributed by atoms with Gasteiger partial charge in [-0.05, 0) is 32.9 Å². The van der Waals surface area contributed by atoms with Gasteiger partial charge in [0.1, 0.15) is 61.4 Å². The maximum absolute atomic E-state index is 12.6. The smallest absolute Gasteiger partial charge is 0.311 e. The van der Waals surface area contributed by atoms with Crippen LogP contribution in [0.4, 0.5) is 0 Å². The molecule has 53 heavy (non-hydrogen) atoms. The molecular formula is C32H43N3O17S. The summed E-state index contributed by atoms with van der Waals surface area (Å²) >= 11 is 0. The van der Waals surface area contributed by atoms with Crippen molar-refractivity contribution in [2.24, 2.45) is 11.3 Å². The van der Waals surface area contributed by atoms with E-state index in [1.165, 1.54) is 18.2 Å². The van der Waals surface area contributed by atoms with E-state index in [0.717, 1.165) is 12.2 Å². The molecular weight excluding hydrogens is 730 g/mol. The fraction of sp³-hybridized carbons (Fsp3) is 0.562. The Morgan fingerprint density at radius 3 is 2.25 bits per heavy atom. The van der Waals surface area contributed by atoms with E-state index >= 15 is 0 Å². The molecule has 2 aliphatic rings. The molecule has 21 heteroatoms. The second-order valence-electron chi connectivity index (χ2n) is 13.1. The van der Waals surface area contributed by atoms with Gasteiger partial charge in [0.2, 0.25) is 11.8 Å². The first-order chi connectivity index (χ1) is 24.7. The summed E-state index contributed by atoms with van der Waals surface area (Å²) in [7, 11) is -4.75. The molecule has 1 aromatic carbocycles. The van der Waals surface area contributed by atoms with Gasteiger partial charge < -0.3 is 50.0 Å². The largest absolute Gasteiger partial charge is 0.491 e. The molecule has 4 amide bonds. The molecule has 20 nitrogen and oxygen atoms in total. The van der Waals surface area contributed by atoms with Gasteiger partial charge >= 0.3 is 11.9 Å². The maximum Gasteiger partial charge on any atom is 0.311 e. The summed E-state index contributed by atoms with van der Waals surface area (Å²) in [4.78, 5) is 72.8. The number of hydrogen-bond donors (Lipinski definition) is 7. The molecule has 1 saturated carbocycles. The van der Waals surface area contributed by atoms with Crippen LogP contribution in [0.3, 0.4) is 0 Å².